The minimum atomic E-state index is -0.521. The van der Waals surface area contributed by atoms with E-state index in [1.165, 1.54) is 12.1 Å². The molecule has 0 atom stereocenters. The number of nitrogens with zero attached hydrogens (tertiary/aromatic N) is 1. The molecule has 132 valence electrons. The van der Waals surface area contributed by atoms with Gasteiger partial charge in [-0.05, 0) is 6.07 Å². The van der Waals surface area contributed by atoms with Crippen molar-refractivity contribution in [2.24, 2.45) is 0 Å². The second-order valence-electron chi connectivity index (χ2n) is 5.15. The van der Waals surface area contributed by atoms with E-state index < -0.39 is 4.92 Å². The van der Waals surface area contributed by atoms with Crippen molar-refractivity contribution in [1.29, 1.82) is 0 Å². The van der Waals surface area contributed by atoms with Crippen molar-refractivity contribution >= 4 is 11.6 Å². The quantitative estimate of drug-likeness (QED) is 0.377. The number of nitrogens with one attached hydrogen (secondary N) is 2. The molecule has 2 rings (SSSR count). The molecule has 0 bridgehead atoms. The molecule has 0 spiro atoms. The molecule has 1 aliphatic rings. The number of nitro benzene ring substituents is 1. The fourth-order valence-corrected chi connectivity index (χ4v) is 2.26. The van der Waals surface area contributed by atoms with Crippen LogP contribution in [0, 0.1) is 10.1 Å². The highest BCUT2D eigenvalue weighted by molar-refractivity contribution is 5.80. The highest BCUT2D eigenvalue weighted by Crippen LogP contribution is 2.36. The highest BCUT2D eigenvalue weighted by atomic mass is 16.6. The van der Waals surface area contributed by atoms with Crippen LogP contribution in [0.3, 0.4) is 0 Å². The van der Waals surface area contributed by atoms with Gasteiger partial charge in [0.05, 0.1) is 24.0 Å². The number of nitro groups is 1. The van der Waals surface area contributed by atoms with Gasteiger partial charge in [0.1, 0.15) is 13.2 Å². The number of methoxy groups -OCH3 is 1. The third kappa shape index (κ3) is 5.07. The average molecular weight is 339 g/mol. The van der Waals surface area contributed by atoms with Gasteiger partial charge >= 0.3 is 0 Å². The first kappa shape index (κ1) is 18.0. The van der Waals surface area contributed by atoms with Gasteiger partial charge < -0.3 is 24.8 Å². The SMILES string of the molecule is COCCNCCNC(=O)Cc1cc2c(cc1[N+](=O)[O-])OCCO2. The summed E-state index contributed by atoms with van der Waals surface area (Å²) < 4.78 is 15.6. The van der Waals surface area contributed by atoms with Crippen molar-refractivity contribution in [3.8, 4) is 11.5 Å². The van der Waals surface area contributed by atoms with Crippen LogP contribution < -0.4 is 20.1 Å². The van der Waals surface area contributed by atoms with Gasteiger partial charge in [-0.15, -0.1) is 0 Å². The Labute approximate surface area is 139 Å². The summed E-state index contributed by atoms with van der Waals surface area (Å²) in [7, 11) is 1.61. The Bertz CT molecular complexity index is 593. The average Bonchev–Trinajstić information content (AvgIpc) is 2.57. The fourth-order valence-electron chi connectivity index (χ4n) is 2.26. The first-order valence-corrected chi connectivity index (χ1v) is 7.65. The Kier molecular flexibility index (Phi) is 6.76. The summed E-state index contributed by atoms with van der Waals surface area (Å²) >= 11 is 0. The van der Waals surface area contributed by atoms with Gasteiger partial charge in [0.15, 0.2) is 11.5 Å². The van der Waals surface area contributed by atoms with Crippen molar-refractivity contribution < 1.29 is 23.9 Å². The van der Waals surface area contributed by atoms with Crippen LogP contribution in [0.25, 0.3) is 0 Å². The predicted octanol–water partition coefficient (Wildman–Crippen LogP) is 0.261. The van der Waals surface area contributed by atoms with Gasteiger partial charge in [-0.25, -0.2) is 0 Å². The monoisotopic (exact) mass is 339 g/mol. The van der Waals surface area contributed by atoms with E-state index in [2.05, 4.69) is 10.6 Å². The summed E-state index contributed by atoms with van der Waals surface area (Å²) in [4.78, 5) is 22.7. The molecule has 0 saturated heterocycles. The molecule has 0 aliphatic carbocycles. The van der Waals surface area contributed by atoms with E-state index >= 15 is 0 Å². The molecule has 2 N–H and O–H groups in total. The number of hydrogen-bond acceptors (Lipinski definition) is 7. The maximum atomic E-state index is 12.0. The van der Waals surface area contributed by atoms with Gasteiger partial charge in [-0.3, -0.25) is 14.9 Å². The molecule has 24 heavy (non-hydrogen) atoms. The van der Waals surface area contributed by atoms with Gasteiger partial charge in [0.25, 0.3) is 5.69 Å². The molecular weight excluding hydrogens is 318 g/mol. The van der Waals surface area contributed by atoms with Gasteiger partial charge in [0, 0.05) is 32.3 Å². The molecule has 0 radical (unpaired) electrons. The number of carbonyl (C=O) groups is 1. The van der Waals surface area contributed by atoms with E-state index in [1.807, 2.05) is 0 Å². The van der Waals surface area contributed by atoms with Crippen LogP contribution in [-0.2, 0) is 16.0 Å². The van der Waals surface area contributed by atoms with Crippen molar-refractivity contribution in [2.45, 2.75) is 6.42 Å². The van der Waals surface area contributed by atoms with Gasteiger partial charge in [-0.1, -0.05) is 0 Å². The summed E-state index contributed by atoms with van der Waals surface area (Å²) in [6.45, 7) is 3.04. The standard InChI is InChI=1S/C15H21N3O6/c1-22-5-4-16-2-3-17-15(19)9-11-8-13-14(24-7-6-23-13)10-12(11)18(20)21/h8,10,16H,2-7,9H2,1H3,(H,17,19). The Morgan fingerprint density at radius 1 is 1.25 bits per heavy atom. The van der Waals surface area contributed by atoms with Crippen LogP contribution >= 0.6 is 0 Å². The van der Waals surface area contributed by atoms with E-state index in [1.54, 1.807) is 7.11 Å². The number of benzene rings is 1. The lowest BCUT2D eigenvalue weighted by Crippen LogP contribution is -2.34. The number of carbonyl (C=O) groups excluding carboxylic acids is 1. The van der Waals surface area contributed by atoms with Crippen LogP contribution in [0.2, 0.25) is 0 Å². The molecule has 1 aromatic carbocycles. The Hall–Kier alpha value is -2.39. The highest BCUT2D eigenvalue weighted by Gasteiger charge is 2.23. The zero-order valence-electron chi connectivity index (χ0n) is 13.5. The molecule has 0 unspecified atom stereocenters. The third-order valence-corrected chi connectivity index (χ3v) is 3.40. The summed E-state index contributed by atoms with van der Waals surface area (Å²) in [5.41, 5.74) is 0.154. The smallest absolute Gasteiger partial charge is 0.277 e. The van der Waals surface area contributed by atoms with E-state index in [4.69, 9.17) is 14.2 Å². The van der Waals surface area contributed by atoms with Crippen LogP contribution in [0.1, 0.15) is 5.56 Å². The maximum absolute atomic E-state index is 12.0. The third-order valence-electron chi connectivity index (χ3n) is 3.40. The van der Waals surface area contributed by atoms with E-state index in [9.17, 15) is 14.9 Å². The van der Waals surface area contributed by atoms with Crippen LogP contribution in [0.4, 0.5) is 5.69 Å². The molecule has 1 amide bonds. The van der Waals surface area contributed by atoms with E-state index in [0.717, 1.165) is 0 Å². The molecule has 1 aromatic rings. The van der Waals surface area contributed by atoms with Crippen LogP contribution in [0.5, 0.6) is 11.5 Å². The fraction of sp³-hybridized carbons (Fsp3) is 0.533. The molecule has 0 aromatic heterocycles. The summed E-state index contributed by atoms with van der Waals surface area (Å²) in [6.07, 6.45) is -0.0922. The molecule has 0 fully saturated rings. The Morgan fingerprint density at radius 3 is 2.62 bits per heavy atom. The summed E-state index contributed by atoms with van der Waals surface area (Å²) in [6, 6.07) is 2.81. The topological polar surface area (TPSA) is 112 Å². The lowest BCUT2D eigenvalue weighted by atomic mass is 10.1. The molecule has 0 saturated carbocycles. The largest absolute Gasteiger partial charge is 0.486 e. The lowest BCUT2D eigenvalue weighted by Gasteiger charge is -2.19. The van der Waals surface area contributed by atoms with Crippen molar-refractivity contribution in [1.82, 2.24) is 10.6 Å². The van der Waals surface area contributed by atoms with Crippen molar-refractivity contribution in [2.75, 3.05) is 46.6 Å². The van der Waals surface area contributed by atoms with E-state index in [0.29, 0.717) is 56.5 Å². The summed E-state index contributed by atoms with van der Waals surface area (Å²) in [5.74, 6) is 0.471. The number of amides is 1. The zero-order valence-corrected chi connectivity index (χ0v) is 13.5. The molecular formula is C15H21N3O6. The first-order valence-electron chi connectivity index (χ1n) is 7.65. The minimum absolute atomic E-state index is 0.0922. The number of hydrogen-bond donors (Lipinski definition) is 2. The second-order valence-corrected chi connectivity index (χ2v) is 5.15. The predicted molar refractivity (Wildman–Crippen MR) is 85.5 cm³/mol. The van der Waals surface area contributed by atoms with Gasteiger partial charge in [0.2, 0.25) is 5.91 Å². The van der Waals surface area contributed by atoms with Gasteiger partial charge in [-0.2, -0.15) is 0 Å². The second kappa shape index (κ2) is 9.04. The number of fused-ring (bicyclic) bond motifs is 1. The Morgan fingerprint density at radius 2 is 1.96 bits per heavy atom. The number of rotatable bonds is 9. The van der Waals surface area contributed by atoms with Crippen LogP contribution in [0.15, 0.2) is 12.1 Å². The van der Waals surface area contributed by atoms with Crippen LogP contribution in [-0.4, -0.2) is 57.4 Å². The molecule has 1 aliphatic heterocycles. The molecule has 9 nitrogen and oxygen atoms in total. The lowest BCUT2D eigenvalue weighted by molar-refractivity contribution is -0.385. The molecule has 9 heteroatoms. The zero-order chi connectivity index (χ0) is 17.4. The Balaban J connectivity index is 1.93. The van der Waals surface area contributed by atoms with Crippen molar-refractivity contribution in [3.63, 3.8) is 0 Å². The number of ether oxygens (including phenoxy) is 3. The normalized spacial score (nSPS) is 12.7. The maximum Gasteiger partial charge on any atom is 0.277 e. The van der Waals surface area contributed by atoms with E-state index in [-0.39, 0.29) is 18.0 Å². The molecule has 1 heterocycles. The summed E-state index contributed by atoms with van der Waals surface area (Å²) in [5, 5.41) is 17.0. The minimum Gasteiger partial charge on any atom is -0.486 e. The van der Waals surface area contributed by atoms with Crippen molar-refractivity contribution in [3.05, 3.63) is 27.8 Å². The first-order chi connectivity index (χ1) is 11.6.